The van der Waals surface area contributed by atoms with Crippen LogP contribution in [0.25, 0.3) is 64.1 Å². The normalized spacial score (nSPS) is 11.7. The van der Waals surface area contributed by atoms with E-state index < -0.39 is 0 Å². The third-order valence-electron chi connectivity index (χ3n) is 8.27. The van der Waals surface area contributed by atoms with Gasteiger partial charge >= 0.3 is 0 Å². The standard InChI is InChI=1S/C39H24N2OS/c1-2-10-29(11-3-1)41(31-18-19-36-33(23-31)32-12-6-7-13-35(32)42-36)30-16-14-25(15-17-30)28-22-38-39(40-24-28)34-20-26-8-4-5-9-27(26)21-37(34)43-38/h1-24H. The molecule has 0 aliphatic rings. The number of anilines is 3. The van der Waals surface area contributed by atoms with Gasteiger partial charge in [0.2, 0.25) is 0 Å². The number of hydrogen-bond acceptors (Lipinski definition) is 4. The number of hydrogen-bond donors (Lipinski definition) is 0. The zero-order valence-electron chi connectivity index (χ0n) is 23.1. The zero-order chi connectivity index (χ0) is 28.3. The summed E-state index contributed by atoms with van der Waals surface area (Å²) in [7, 11) is 0. The van der Waals surface area contributed by atoms with E-state index in [0.29, 0.717) is 0 Å². The molecule has 9 rings (SSSR count). The molecule has 0 fully saturated rings. The van der Waals surface area contributed by atoms with Crippen molar-refractivity contribution in [3.05, 3.63) is 146 Å². The summed E-state index contributed by atoms with van der Waals surface area (Å²) in [5.74, 6) is 0. The largest absolute Gasteiger partial charge is 0.456 e. The molecule has 6 aromatic carbocycles. The van der Waals surface area contributed by atoms with Gasteiger partial charge in [-0.25, -0.2) is 0 Å². The monoisotopic (exact) mass is 568 g/mol. The third kappa shape index (κ3) is 3.99. The zero-order valence-corrected chi connectivity index (χ0v) is 23.9. The number of thiophene rings is 1. The lowest BCUT2D eigenvalue weighted by Gasteiger charge is -2.25. The van der Waals surface area contributed by atoms with Crippen LogP contribution in [-0.4, -0.2) is 4.98 Å². The fourth-order valence-electron chi connectivity index (χ4n) is 6.17. The van der Waals surface area contributed by atoms with Gasteiger partial charge in [0.05, 0.1) is 10.2 Å². The summed E-state index contributed by atoms with van der Waals surface area (Å²) in [5, 5.41) is 5.97. The van der Waals surface area contributed by atoms with Crippen LogP contribution in [0.1, 0.15) is 0 Å². The number of nitrogens with zero attached hydrogens (tertiary/aromatic N) is 2. The van der Waals surface area contributed by atoms with Crippen LogP contribution in [0, 0.1) is 0 Å². The smallest absolute Gasteiger partial charge is 0.135 e. The average molecular weight is 569 g/mol. The molecule has 4 heteroatoms. The predicted molar refractivity (Wildman–Crippen MR) is 182 cm³/mol. The van der Waals surface area contributed by atoms with E-state index in [0.717, 1.165) is 55.6 Å². The van der Waals surface area contributed by atoms with Crippen LogP contribution < -0.4 is 4.90 Å². The number of benzene rings is 6. The van der Waals surface area contributed by atoms with E-state index >= 15 is 0 Å². The van der Waals surface area contributed by atoms with E-state index in [-0.39, 0.29) is 0 Å². The third-order valence-corrected chi connectivity index (χ3v) is 9.36. The molecule has 0 saturated carbocycles. The molecule has 202 valence electrons. The van der Waals surface area contributed by atoms with Crippen LogP contribution in [0.2, 0.25) is 0 Å². The van der Waals surface area contributed by atoms with Crippen LogP contribution in [0.3, 0.4) is 0 Å². The van der Waals surface area contributed by atoms with Gasteiger partial charge in [-0.15, -0.1) is 11.3 Å². The molecule has 3 heterocycles. The SMILES string of the molecule is c1ccc(N(c2ccc(-c3cnc4c(c3)sc3cc5ccccc5cc34)cc2)c2ccc3oc4ccccc4c3c2)cc1. The first kappa shape index (κ1) is 24.2. The number of pyridine rings is 1. The van der Waals surface area contributed by atoms with Gasteiger partial charge in [0, 0.05) is 49.7 Å². The molecule has 43 heavy (non-hydrogen) atoms. The average Bonchev–Trinajstić information content (AvgIpc) is 3.61. The van der Waals surface area contributed by atoms with Crippen LogP contribution in [0.5, 0.6) is 0 Å². The lowest BCUT2D eigenvalue weighted by Crippen LogP contribution is -2.09. The van der Waals surface area contributed by atoms with E-state index in [4.69, 9.17) is 9.40 Å². The Bertz CT molecular complexity index is 2460. The Hall–Kier alpha value is -5.45. The van der Waals surface area contributed by atoms with E-state index in [1.807, 2.05) is 29.7 Å². The van der Waals surface area contributed by atoms with Gasteiger partial charge < -0.3 is 9.32 Å². The Morgan fingerprint density at radius 3 is 2.05 bits per heavy atom. The maximum absolute atomic E-state index is 6.11. The Morgan fingerprint density at radius 2 is 1.19 bits per heavy atom. The molecular weight excluding hydrogens is 545 g/mol. The molecule has 9 aromatic rings. The number of rotatable bonds is 4. The molecule has 3 nitrogen and oxygen atoms in total. The molecule has 0 atom stereocenters. The van der Waals surface area contributed by atoms with E-state index in [1.165, 1.54) is 25.6 Å². The van der Waals surface area contributed by atoms with Crippen molar-refractivity contribution in [2.75, 3.05) is 4.90 Å². The number of fused-ring (bicyclic) bond motifs is 7. The lowest BCUT2D eigenvalue weighted by atomic mass is 10.0. The van der Waals surface area contributed by atoms with E-state index in [9.17, 15) is 0 Å². The molecule has 0 bridgehead atoms. The van der Waals surface area contributed by atoms with Crippen molar-refractivity contribution in [3.8, 4) is 11.1 Å². The van der Waals surface area contributed by atoms with Crippen molar-refractivity contribution in [3.63, 3.8) is 0 Å². The summed E-state index contributed by atoms with van der Waals surface area (Å²) in [6.45, 7) is 0. The Kier molecular flexibility index (Phi) is 5.37. The second-order valence-electron chi connectivity index (χ2n) is 10.9. The molecule has 0 N–H and O–H groups in total. The summed E-state index contributed by atoms with van der Waals surface area (Å²) >= 11 is 1.81. The van der Waals surface area contributed by atoms with E-state index in [1.54, 1.807) is 0 Å². The molecule has 0 unspecified atom stereocenters. The van der Waals surface area contributed by atoms with Crippen LogP contribution >= 0.6 is 11.3 Å². The Labute approximate surface area is 251 Å². The first-order chi connectivity index (χ1) is 21.3. The highest BCUT2D eigenvalue weighted by Crippen LogP contribution is 2.40. The summed E-state index contributed by atoms with van der Waals surface area (Å²) in [5.41, 5.74) is 8.40. The molecular formula is C39H24N2OS. The van der Waals surface area contributed by atoms with Gasteiger partial charge in [-0.3, -0.25) is 4.98 Å². The highest BCUT2D eigenvalue weighted by Gasteiger charge is 2.16. The van der Waals surface area contributed by atoms with Crippen LogP contribution in [-0.2, 0) is 0 Å². The predicted octanol–water partition coefficient (Wildman–Crippen LogP) is 11.6. The Balaban J connectivity index is 1.12. The topological polar surface area (TPSA) is 29.3 Å². The fraction of sp³-hybridized carbons (Fsp3) is 0. The van der Waals surface area contributed by atoms with Crippen molar-refractivity contribution in [1.29, 1.82) is 0 Å². The maximum Gasteiger partial charge on any atom is 0.135 e. The van der Waals surface area contributed by atoms with Gasteiger partial charge in [-0.05, 0) is 83.1 Å². The molecule has 3 aromatic heterocycles. The van der Waals surface area contributed by atoms with Gasteiger partial charge in [0.15, 0.2) is 0 Å². The minimum atomic E-state index is 0.894. The van der Waals surface area contributed by atoms with Gasteiger partial charge in [-0.2, -0.15) is 0 Å². The fourth-order valence-corrected chi connectivity index (χ4v) is 7.30. The summed E-state index contributed by atoms with van der Waals surface area (Å²) in [4.78, 5) is 7.24. The van der Waals surface area contributed by atoms with E-state index in [2.05, 4.69) is 132 Å². The molecule has 0 amide bonds. The highest BCUT2D eigenvalue weighted by molar-refractivity contribution is 7.25. The van der Waals surface area contributed by atoms with Gasteiger partial charge in [-0.1, -0.05) is 72.8 Å². The minimum Gasteiger partial charge on any atom is -0.456 e. The first-order valence-electron chi connectivity index (χ1n) is 14.4. The summed E-state index contributed by atoms with van der Waals surface area (Å²) < 4.78 is 8.59. The molecule has 0 spiro atoms. The molecule has 0 radical (unpaired) electrons. The van der Waals surface area contributed by atoms with Crippen molar-refractivity contribution in [1.82, 2.24) is 4.98 Å². The molecule has 0 saturated heterocycles. The number of furan rings is 1. The van der Waals surface area contributed by atoms with Crippen molar-refractivity contribution in [2.24, 2.45) is 0 Å². The second-order valence-corrected chi connectivity index (χ2v) is 11.9. The van der Waals surface area contributed by atoms with Gasteiger partial charge in [0.1, 0.15) is 11.2 Å². The lowest BCUT2D eigenvalue weighted by molar-refractivity contribution is 0.669. The Morgan fingerprint density at radius 1 is 0.488 bits per heavy atom. The second kappa shape index (κ2) is 9.55. The summed E-state index contributed by atoms with van der Waals surface area (Å²) in [6.07, 6.45) is 2.01. The quantitative estimate of drug-likeness (QED) is 0.211. The highest BCUT2D eigenvalue weighted by atomic mass is 32.1. The minimum absolute atomic E-state index is 0.894. The van der Waals surface area contributed by atoms with Crippen LogP contribution in [0.4, 0.5) is 17.1 Å². The molecule has 0 aliphatic heterocycles. The number of aromatic nitrogens is 1. The van der Waals surface area contributed by atoms with Crippen molar-refractivity contribution < 1.29 is 4.42 Å². The van der Waals surface area contributed by atoms with Crippen molar-refractivity contribution in [2.45, 2.75) is 0 Å². The molecule has 0 aliphatic carbocycles. The van der Waals surface area contributed by atoms with Crippen LogP contribution in [0.15, 0.2) is 150 Å². The number of para-hydroxylation sites is 2. The summed E-state index contributed by atoms with van der Waals surface area (Å²) in [6, 6.07) is 49.3. The van der Waals surface area contributed by atoms with Crippen molar-refractivity contribution >= 4 is 81.4 Å². The first-order valence-corrected chi connectivity index (χ1v) is 15.2. The van der Waals surface area contributed by atoms with Gasteiger partial charge in [0.25, 0.3) is 0 Å². The maximum atomic E-state index is 6.11.